The molecule has 1 heterocycles. The maximum atomic E-state index is 9.55. The first-order valence-corrected chi connectivity index (χ1v) is 8.84. The Morgan fingerprint density at radius 2 is 2.04 bits per heavy atom. The van der Waals surface area contributed by atoms with Crippen LogP contribution in [0.25, 0.3) is 11.3 Å². The summed E-state index contributed by atoms with van der Waals surface area (Å²) in [5.74, 6) is 0.467. The molecule has 1 aromatic carbocycles. The van der Waals surface area contributed by atoms with Crippen LogP contribution < -0.4 is 5.32 Å². The molecule has 0 aliphatic heterocycles. The van der Waals surface area contributed by atoms with Crippen molar-refractivity contribution in [1.82, 2.24) is 9.97 Å². The lowest BCUT2D eigenvalue weighted by molar-refractivity contribution is 0.0992. The number of nitrogens with one attached hydrogen (secondary N) is 1. The number of aliphatic hydroxyl groups is 1. The number of aliphatic hydroxyl groups excluding tert-OH is 1. The molecule has 0 aliphatic carbocycles. The minimum Gasteiger partial charge on any atom is -0.394 e. The Labute approximate surface area is 149 Å². The summed E-state index contributed by atoms with van der Waals surface area (Å²) in [5.41, 5.74) is 1.73. The summed E-state index contributed by atoms with van der Waals surface area (Å²) in [5, 5.41) is 22.5. The number of benzene rings is 1. The predicted molar refractivity (Wildman–Crippen MR) is 95.4 cm³/mol. The van der Waals surface area contributed by atoms with Gasteiger partial charge in [-0.15, -0.1) is 0 Å². The van der Waals surface area contributed by atoms with Crippen LogP contribution in [-0.4, -0.2) is 47.7 Å². The van der Waals surface area contributed by atoms with Gasteiger partial charge in [-0.1, -0.05) is 35.5 Å². The van der Waals surface area contributed by atoms with Gasteiger partial charge in [0.15, 0.2) is 5.16 Å². The van der Waals surface area contributed by atoms with Gasteiger partial charge in [-0.05, 0) is 18.4 Å². The fourth-order valence-electron chi connectivity index (χ4n) is 1.99. The number of thioether (sulfide) groups is 1. The molecule has 0 atom stereocenters. The number of nitrogens with zero attached hydrogens (tertiary/aromatic N) is 3. The summed E-state index contributed by atoms with van der Waals surface area (Å²) >= 11 is 7.33. The molecule has 2 aromatic rings. The average molecular weight is 365 g/mol. The van der Waals surface area contributed by atoms with Crippen LogP contribution in [0, 0.1) is 11.3 Å². The van der Waals surface area contributed by atoms with E-state index in [0.29, 0.717) is 40.4 Å². The van der Waals surface area contributed by atoms with E-state index in [1.807, 2.05) is 18.4 Å². The third-order valence-electron chi connectivity index (χ3n) is 3.08. The Kier molecular flexibility index (Phi) is 7.28. The number of ether oxygens (including phenoxy) is 1. The van der Waals surface area contributed by atoms with Crippen molar-refractivity contribution in [1.29, 1.82) is 5.26 Å². The van der Waals surface area contributed by atoms with E-state index in [1.165, 1.54) is 11.8 Å². The first-order chi connectivity index (χ1) is 11.7. The molecule has 0 radical (unpaired) electrons. The molecule has 0 aliphatic rings. The van der Waals surface area contributed by atoms with E-state index in [0.717, 1.165) is 5.56 Å². The molecule has 2 N–H and O–H groups in total. The molecular weight excluding hydrogens is 348 g/mol. The van der Waals surface area contributed by atoms with E-state index in [1.54, 1.807) is 12.1 Å². The summed E-state index contributed by atoms with van der Waals surface area (Å²) in [6, 6.07) is 9.33. The Morgan fingerprint density at radius 1 is 1.29 bits per heavy atom. The zero-order valence-corrected chi connectivity index (χ0v) is 14.7. The van der Waals surface area contributed by atoms with Gasteiger partial charge in [-0.3, -0.25) is 0 Å². The van der Waals surface area contributed by atoms with Gasteiger partial charge in [0.05, 0.1) is 25.5 Å². The number of hydrogen-bond donors (Lipinski definition) is 2. The second-order valence-electron chi connectivity index (χ2n) is 4.66. The van der Waals surface area contributed by atoms with Crippen molar-refractivity contribution < 1.29 is 9.84 Å². The van der Waals surface area contributed by atoms with Crippen LogP contribution in [-0.2, 0) is 4.74 Å². The summed E-state index contributed by atoms with van der Waals surface area (Å²) in [4.78, 5) is 8.83. The summed E-state index contributed by atoms with van der Waals surface area (Å²) < 4.78 is 5.20. The standard InChI is InChI=1S/C16H17ClN4O2S/c1-24-16-20-14(11-2-4-12(17)5-3-11)13(10-18)15(21-16)19-6-8-23-9-7-22/h2-5,22H,6-9H2,1H3,(H,19,20,21). The fraction of sp³-hybridized carbons (Fsp3) is 0.312. The zero-order valence-electron chi connectivity index (χ0n) is 13.1. The number of halogens is 1. The largest absolute Gasteiger partial charge is 0.394 e. The van der Waals surface area contributed by atoms with Crippen LogP contribution >= 0.6 is 23.4 Å². The molecule has 1 aromatic heterocycles. The average Bonchev–Trinajstić information content (AvgIpc) is 2.61. The van der Waals surface area contributed by atoms with Gasteiger partial charge in [0.25, 0.3) is 0 Å². The van der Waals surface area contributed by atoms with Crippen molar-refractivity contribution in [2.24, 2.45) is 0 Å². The van der Waals surface area contributed by atoms with E-state index in [4.69, 9.17) is 21.4 Å². The highest BCUT2D eigenvalue weighted by Gasteiger charge is 2.15. The first-order valence-electron chi connectivity index (χ1n) is 7.24. The lowest BCUT2D eigenvalue weighted by atomic mass is 10.1. The second-order valence-corrected chi connectivity index (χ2v) is 5.87. The molecule has 0 fully saturated rings. The van der Waals surface area contributed by atoms with E-state index < -0.39 is 0 Å². The smallest absolute Gasteiger partial charge is 0.189 e. The molecule has 0 saturated heterocycles. The number of rotatable bonds is 8. The topological polar surface area (TPSA) is 91.1 Å². The van der Waals surface area contributed by atoms with Crippen molar-refractivity contribution in [2.45, 2.75) is 5.16 Å². The van der Waals surface area contributed by atoms with Crippen LogP contribution in [0.15, 0.2) is 29.4 Å². The summed E-state index contributed by atoms with van der Waals surface area (Å²) in [7, 11) is 0. The number of nitriles is 1. The zero-order chi connectivity index (χ0) is 17.4. The van der Waals surface area contributed by atoms with Crippen molar-refractivity contribution >= 4 is 29.2 Å². The first kappa shape index (κ1) is 18.5. The molecule has 0 amide bonds. The van der Waals surface area contributed by atoms with Crippen molar-refractivity contribution in [2.75, 3.05) is 37.9 Å². The van der Waals surface area contributed by atoms with Crippen molar-refractivity contribution in [3.8, 4) is 17.3 Å². The van der Waals surface area contributed by atoms with Gasteiger partial charge in [0.1, 0.15) is 17.5 Å². The monoisotopic (exact) mass is 364 g/mol. The SMILES string of the molecule is CSc1nc(NCCOCCO)c(C#N)c(-c2ccc(Cl)cc2)n1. The molecular formula is C16H17ClN4O2S. The Balaban J connectivity index is 2.31. The maximum absolute atomic E-state index is 9.55. The van der Waals surface area contributed by atoms with Gasteiger partial charge in [0.2, 0.25) is 0 Å². The molecule has 0 unspecified atom stereocenters. The molecule has 0 saturated carbocycles. The number of hydrogen-bond acceptors (Lipinski definition) is 7. The van der Waals surface area contributed by atoms with Crippen LogP contribution in [0.3, 0.4) is 0 Å². The molecule has 6 nitrogen and oxygen atoms in total. The Morgan fingerprint density at radius 3 is 2.67 bits per heavy atom. The molecule has 126 valence electrons. The minimum atomic E-state index is -0.0196. The van der Waals surface area contributed by atoms with Crippen LogP contribution in [0.1, 0.15) is 5.56 Å². The Hall–Kier alpha value is -1.85. The number of anilines is 1. The van der Waals surface area contributed by atoms with Crippen LogP contribution in [0.5, 0.6) is 0 Å². The second kappa shape index (κ2) is 9.45. The third-order valence-corrected chi connectivity index (χ3v) is 3.87. The molecule has 8 heteroatoms. The Bertz CT molecular complexity index is 719. The lowest BCUT2D eigenvalue weighted by Crippen LogP contribution is -2.14. The molecule has 0 bridgehead atoms. The van der Waals surface area contributed by atoms with Crippen molar-refractivity contribution in [3.63, 3.8) is 0 Å². The lowest BCUT2D eigenvalue weighted by Gasteiger charge is -2.12. The highest BCUT2D eigenvalue weighted by molar-refractivity contribution is 7.98. The van der Waals surface area contributed by atoms with E-state index >= 15 is 0 Å². The fourth-order valence-corrected chi connectivity index (χ4v) is 2.48. The third kappa shape index (κ3) is 4.82. The van der Waals surface area contributed by atoms with Crippen LogP contribution in [0.2, 0.25) is 5.02 Å². The maximum Gasteiger partial charge on any atom is 0.189 e. The van der Waals surface area contributed by atoms with Gasteiger partial charge < -0.3 is 15.2 Å². The molecule has 0 spiro atoms. The quantitative estimate of drug-likeness (QED) is 0.422. The summed E-state index contributed by atoms with van der Waals surface area (Å²) in [6.45, 7) is 1.14. The minimum absolute atomic E-state index is 0.0196. The van der Waals surface area contributed by atoms with Gasteiger partial charge in [-0.25, -0.2) is 9.97 Å². The molecule has 24 heavy (non-hydrogen) atoms. The van der Waals surface area contributed by atoms with Gasteiger partial charge in [-0.2, -0.15) is 5.26 Å². The van der Waals surface area contributed by atoms with Gasteiger partial charge >= 0.3 is 0 Å². The molecule has 2 rings (SSSR count). The number of aromatic nitrogens is 2. The van der Waals surface area contributed by atoms with E-state index in [2.05, 4.69) is 21.4 Å². The normalized spacial score (nSPS) is 10.4. The highest BCUT2D eigenvalue weighted by Crippen LogP contribution is 2.29. The summed E-state index contributed by atoms with van der Waals surface area (Å²) in [6.07, 6.45) is 1.88. The van der Waals surface area contributed by atoms with Crippen molar-refractivity contribution in [3.05, 3.63) is 34.9 Å². The van der Waals surface area contributed by atoms with E-state index in [-0.39, 0.29) is 13.2 Å². The predicted octanol–water partition coefficient (Wildman–Crippen LogP) is 2.81. The van der Waals surface area contributed by atoms with E-state index in [9.17, 15) is 5.26 Å². The van der Waals surface area contributed by atoms with Gasteiger partial charge in [0, 0.05) is 17.1 Å². The van der Waals surface area contributed by atoms with Crippen LogP contribution in [0.4, 0.5) is 5.82 Å². The highest BCUT2D eigenvalue weighted by atomic mass is 35.5.